The summed E-state index contributed by atoms with van der Waals surface area (Å²) in [5.74, 6) is 0.790. The predicted molar refractivity (Wildman–Crippen MR) is 64.1 cm³/mol. The van der Waals surface area contributed by atoms with Gasteiger partial charge in [0, 0.05) is 13.7 Å². The highest BCUT2D eigenvalue weighted by atomic mass is 16.5. The van der Waals surface area contributed by atoms with Gasteiger partial charge in [0.2, 0.25) is 5.91 Å². The van der Waals surface area contributed by atoms with E-state index in [1.54, 1.807) is 7.11 Å². The Balaban J connectivity index is 1.99. The molecule has 0 radical (unpaired) electrons. The number of methoxy groups -OCH3 is 1. The number of nitrogens with one attached hydrogen (secondary N) is 1. The van der Waals surface area contributed by atoms with Crippen LogP contribution in [0.2, 0.25) is 0 Å². The Hall–Kier alpha value is -0.610. The van der Waals surface area contributed by atoms with Crippen molar-refractivity contribution in [3.05, 3.63) is 0 Å². The first-order chi connectivity index (χ1) is 7.74. The van der Waals surface area contributed by atoms with Gasteiger partial charge in [-0.1, -0.05) is 25.7 Å². The summed E-state index contributed by atoms with van der Waals surface area (Å²) in [6.07, 6.45) is 7.82. The van der Waals surface area contributed by atoms with Crippen LogP contribution in [-0.2, 0) is 9.53 Å². The van der Waals surface area contributed by atoms with E-state index in [2.05, 4.69) is 5.32 Å². The van der Waals surface area contributed by atoms with Gasteiger partial charge in [0.15, 0.2) is 0 Å². The molecule has 0 aromatic heterocycles. The van der Waals surface area contributed by atoms with Crippen molar-refractivity contribution in [2.75, 3.05) is 20.3 Å². The predicted octanol–water partition coefficient (Wildman–Crippen LogP) is 1.05. The Morgan fingerprint density at radius 2 is 2.19 bits per heavy atom. The second-order valence-electron chi connectivity index (χ2n) is 4.65. The molecular weight excluding hydrogens is 204 g/mol. The lowest BCUT2D eigenvalue weighted by atomic mass is 10.0. The summed E-state index contributed by atoms with van der Waals surface area (Å²) in [6, 6.07) is -0.531. The minimum atomic E-state index is -0.531. The quantitative estimate of drug-likeness (QED) is 0.640. The Kier molecular flexibility index (Phi) is 6.42. The van der Waals surface area contributed by atoms with E-state index in [1.165, 1.54) is 32.1 Å². The number of ether oxygens (including phenoxy) is 1. The highest BCUT2D eigenvalue weighted by Crippen LogP contribution is 2.28. The first-order valence-corrected chi connectivity index (χ1v) is 6.26. The number of rotatable bonds is 7. The molecule has 4 heteroatoms. The first-order valence-electron chi connectivity index (χ1n) is 6.26. The van der Waals surface area contributed by atoms with Crippen molar-refractivity contribution in [1.82, 2.24) is 5.32 Å². The molecular formula is C12H24N2O2. The molecule has 0 spiro atoms. The zero-order valence-electron chi connectivity index (χ0n) is 10.2. The number of hydrogen-bond acceptors (Lipinski definition) is 3. The normalized spacial score (nSPS) is 18.6. The molecule has 1 atom stereocenters. The summed E-state index contributed by atoms with van der Waals surface area (Å²) in [6.45, 7) is 1.03. The van der Waals surface area contributed by atoms with Crippen LogP contribution in [-0.4, -0.2) is 32.2 Å². The molecule has 16 heavy (non-hydrogen) atoms. The topological polar surface area (TPSA) is 64.3 Å². The van der Waals surface area contributed by atoms with Crippen LogP contribution >= 0.6 is 0 Å². The van der Waals surface area contributed by atoms with Gasteiger partial charge in [-0.3, -0.25) is 4.79 Å². The lowest BCUT2D eigenvalue weighted by molar-refractivity contribution is -0.123. The van der Waals surface area contributed by atoms with Crippen molar-refractivity contribution in [1.29, 1.82) is 0 Å². The molecule has 1 fully saturated rings. The number of amides is 1. The van der Waals surface area contributed by atoms with E-state index in [-0.39, 0.29) is 12.5 Å². The van der Waals surface area contributed by atoms with Gasteiger partial charge < -0.3 is 15.8 Å². The molecule has 94 valence electrons. The van der Waals surface area contributed by atoms with Crippen LogP contribution in [0.3, 0.4) is 0 Å². The third-order valence-electron chi connectivity index (χ3n) is 3.25. The minimum absolute atomic E-state index is 0.103. The van der Waals surface area contributed by atoms with Crippen LogP contribution in [0.15, 0.2) is 0 Å². The summed E-state index contributed by atoms with van der Waals surface area (Å²) in [4.78, 5) is 11.4. The third-order valence-corrected chi connectivity index (χ3v) is 3.25. The Morgan fingerprint density at radius 1 is 1.50 bits per heavy atom. The minimum Gasteiger partial charge on any atom is -0.383 e. The molecule has 0 bridgehead atoms. The molecule has 0 aromatic rings. The maximum Gasteiger partial charge on any atom is 0.239 e. The van der Waals surface area contributed by atoms with Crippen LogP contribution in [0.5, 0.6) is 0 Å². The first kappa shape index (κ1) is 13.5. The second kappa shape index (κ2) is 7.63. The van der Waals surface area contributed by atoms with E-state index in [0.717, 1.165) is 18.9 Å². The van der Waals surface area contributed by atoms with E-state index < -0.39 is 6.04 Å². The highest BCUT2D eigenvalue weighted by Gasteiger charge is 2.15. The second-order valence-corrected chi connectivity index (χ2v) is 4.65. The van der Waals surface area contributed by atoms with Crippen molar-refractivity contribution < 1.29 is 9.53 Å². The standard InChI is InChI=1S/C12H24N2O2/c1-16-9-11(13)12(15)14-8-4-7-10-5-2-3-6-10/h10-11H,2-9,13H2,1H3,(H,14,15). The molecule has 0 aliphatic heterocycles. The highest BCUT2D eigenvalue weighted by molar-refractivity contribution is 5.81. The molecule has 1 aliphatic carbocycles. The molecule has 1 amide bonds. The largest absolute Gasteiger partial charge is 0.383 e. The van der Waals surface area contributed by atoms with Crippen LogP contribution in [0.25, 0.3) is 0 Å². The van der Waals surface area contributed by atoms with Crippen LogP contribution in [0.1, 0.15) is 38.5 Å². The molecule has 1 saturated carbocycles. The van der Waals surface area contributed by atoms with Gasteiger partial charge in [-0.25, -0.2) is 0 Å². The molecule has 1 aliphatic rings. The average Bonchev–Trinajstić information content (AvgIpc) is 2.77. The van der Waals surface area contributed by atoms with Gasteiger partial charge in [0.1, 0.15) is 6.04 Å². The van der Waals surface area contributed by atoms with Gasteiger partial charge in [-0.2, -0.15) is 0 Å². The van der Waals surface area contributed by atoms with Crippen molar-refractivity contribution in [2.24, 2.45) is 11.7 Å². The van der Waals surface area contributed by atoms with E-state index in [4.69, 9.17) is 10.5 Å². The zero-order chi connectivity index (χ0) is 11.8. The van der Waals surface area contributed by atoms with Gasteiger partial charge in [0.05, 0.1) is 6.61 Å². The van der Waals surface area contributed by atoms with Crippen LogP contribution in [0.4, 0.5) is 0 Å². The van der Waals surface area contributed by atoms with E-state index in [1.807, 2.05) is 0 Å². The average molecular weight is 228 g/mol. The molecule has 3 N–H and O–H groups in total. The molecule has 1 unspecified atom stereocenters. The van der Waals surface area contributed by atoms with Crippen molar-refractivity contribution in [3.63, 3.8) is 0 Å². The van der Waals surface area contributed by atoms with Crippen LogP contribution in [0, 0.1) is 5.92 Å². The van der Waals surface area contributed by atoms with Crippen molar-refractivity contribution >= 4 is 5.91 Å². The monoisotopic (exact) mass is 228 g/mol. The lowest BCUT2D eigenvalue weighted by Gasteiger charge is -2.12. The van der Waals surface area contributed by atoms with Crippen molar-refractivity contribution in [3.8, 4) is 0 Å². The number of hydrogen-bond donors (Lipinski definition) is 2. The Bertz CT molecular complexity index is 203. The maximum absolute atomic E-state index is 11.4. The fraction of sp³-hybridized carbons (Fsp3) is 0.917. The van der Waals surface area contributed by atoms with Crippen molar-refractivity contribution in [2.45, 2.75) is 44.6 Å². The molecule has 0 aromatic carbocycles. The summed E-state index contributed by atoms with van der Waals surface area (Å²) < 4.78 is 4.83. The van der Waals surface area contributed by atoms with Gasteiger partial charge in [-0.05, 0) is 18.8 Å². The molecule has 0 heterocycles. The fourth-order valence-corrected chi connectivity index (χ4v) is 2.29. The van der Waals surface area contributed by atoms with Gasteiger partial charge in [0.25, 0.3) is 0 Å². The Morgan fingerprint density at radius 3 is 2.81 bits per heavy atom. The molecule has 0 saturated heterocycles. The number of nitrogens with two attached hydrogens (primary N) is 1. The smallest absolute Gasteiger partial charge is 0.239 e. The number of carbonyl (C=O) groups excluding carboxylic acids is 1. The summed E-state index contributed by atoms with van der Waals surface area (Å²) in [5.41, 5.74) is 5.60. The van der Waals surface area contributed by atoms with Crippen LogP contribution < -0.4 is 11.1 Å². The molecule has 4 nitrogen and oxygen atoms in total. The summed E-state index contributed by atoms with van der Waals surface area (Å²) in [5, 5.41) is 2.85. The number of carbonyl (C=O) groups is 1. The van der Waals surface area contributed by atoms with Gasteiger partial charge >= 0.3 is 0 Å². The Labute approximate surface area is 97.9 Å². The fourth-order valence-electron chi connectivity index (χ4n) is 2.29. The summed E-state index contributed by atoms with van der Waals surface area (Å²) in [7, 11) is 1.55. The third kappa shape index (κ3) is 4.94. The maximum atomic E-state index is 11.4. The van der Waals surface area contributed by atoms with E-state index in [0.29, 0.717) is 0 Å². The van der Waals surface area contributed by atoms with E-state index in [9.17, 15) is 4.79 Å². The molecule has 1 rings (SSSR count). The summed E-state index contributed by atoms with van der Waals surface area (Å²) >= 11 is 0. The lowest BCUT2D eigenvalue weighted by Crippen LogP contribution is -2.43. The zero-order valence-corrected chi connectivity index (χ0v) is 10.2. The van der Waals surface area contributed by atoms with E-state index >= 15 is 0 Å². The van der Waals surface area contributed by atoms with Gasteiger partial charge in [-0.15, -0.1) is 0 Å². The SMILES string of the molecule is COCC(N)C(=O)NCCCC1CCCC1.